The first-order valence-corrected chi connectivity index (χ1v) is 7.10. The van der Waals surface area contributed by atoms with Crippen molar-refractivity contribution in [2.75, 3.05) is 0 Å². The van der Waals surface area contributed by atoms with Gasteiger partial charge in [-0.05, 0) is 44.5 Å². The number of hydrogen-bond acceptors (Lipinski definition) is 2. The Morgan fingerprint density at radius 3 is 1.79 bits per heavy atom. The van der Waals surface area contributed by atoms with E-state index in [0.29, 0.717) is 12.1 Å². The van der Waals surface area contributed by atoms with Crippen molar-refractivity contribution in [3.8, 4) is 0 Å². The average Bonchev–Trinajstić information content (AvgIpc) is 2.71. The second-order valence-electron chi connectivity index (χ2n) is 5.89. The molecule has 1 aliphatic rings. The minimum Gasteiger partial charge on any atom is -0.439 e. The lowest BCUT2D eigenvalue weighted by molar-refractivity contribution is -0.143. The smallest absolute Gasteiger partial charge is 0.416 e. The highest BCUT2D eigenvalue weighted by Crippen LogP contribution is 2.40. The molecule has 134 valence electrons. The van der Waals surface area contributed by atoms with Gasteiger partial charge in [0, 0.05) is 6.04 Å². The van der Waals surface area contributed by atoms with E-state index in [1.54, 1.807) is 13.8 Å². The molecule has 1 aromatic carbocycles. The predicted octanol–water partition coefficient (Wildman–Crippen LogP) is 5.01. The number of hydrogen-bond donors (Lipinski definition) is 0. The summed E-state index contributed by atoms with van der Waals surface area (Å²) in [6, 6.07) is 0.235. The molecule has 1 amide bonds. The van der Waals surface area contributed by atoms with Gasteiger partial charge in [-0.1, -0.05) is 0 Å². The third-order valence-electron chi connectivity index (χ3n) is 3.81. The van der Waals surface area contributed by atoms with E-state index in [1.165, 1.54) is 11.8 Å². The minimum atomic E-state index is -4.94. The molecule has 0 spiro atoms. The van der Waals surface area contributed by atoms with Gasteiger partial charge in [0.1, 0.15) is 6.10 Å². The zero-order valence-corrected chi connectivity index (χ0v) is 13.0. The molecule has 2 atom stereocenters. The Balaban J connectivity index is 2.52. The molecule has 9 heteroatoms. The molecule has 0 bridgehead atoms. The average molecular weight is 355 g/mol. The van der Waals surface area contributed by atoms with Gasteiger partial charge in [0.15, 0.2) is 0 Å². The van der Waals surface area contributed by atoms with Crippen LogP contribution in [0.1, 0.15) is 43.6 Å². The normalized spacial score (nSPS) is 22.2. The molecule has 0 unspecified atom stereocenters. The summed E-state index contributed by atoms with van der Waals surface area (Å²) in [5.41, 5.74) is -3.20. The van der Waals surface area contributed by atoms with Gasteiger partial charge in [-0.15, -0.1) is 0 Å². The lowest BCUT2D eigenvalue weighted by Gasteiger charge is -2.25. The van der Waals surface area contributed by atoms with Crippen LogP contribution in [0.4, 0.5) is 31.1 Å². The maximum absolute atomic E-state index is 12.9. The van der Waals surface area contributed by atoms with Crippen LogP contribution >= 0.6 is 0 Å². The van der Waals surface area contributed by atoms with Gasteiger partial charge in [-0.25, -0.2) is 4.79 Å². The third kappa shape index (κ3) is 3.44. The number of rotatable bonds is 2. The molecule has 2 rings (SSSR count). The second kappa shape index (κ2) is 5.86. The van der Waals surface area contributed by atoms with Crippen molar-refractivity contribution in [1.82, 2.24) is 4.90 Å². The number of halogens is 6. The summed E-state index contributed by atoms with van der Waals surface area (Å²) in [4.78, 5) is 13.1. The maximum Gasteiger partial charge on any atom is 0.416 e. The van der Waals surface area contributed by atoms with E-state index in [4.69, 9.17) is 4.74 Å². The first-order chi connectivity index (χ1) is 10.8. The fraction of sp³-hybridized carbons (Fsp3) is 0.533. The van der Waals surface area contributed by atoms with E-state index < -0.39 is 41.7 Å². The molecule has 24 heavy (non-hydrogen) atoms. The summed E-state index contributed by atoms with van der Waals surface area (Å²) >= 11 is 0. The molecule has 3 nitrogen and oxygen atoms in total. The predicted molar refractivity (Wildman–Crippen MR) is 72.1 cm³/mol. The Kier molecular flexibility index (Phi) is 4.49. The van der Waals surface area contributed by atoms with Crippen molar-refractivity contribution < 1.29 is 35.9 Å². The fourth-order valence-electron chi connectivity index (χ4n) is 2.75. The van der Waals surface area contributed by atoms with Crippen molar-refractivity contribution in [1.29, 1.82) is 0 Å². The number of ether oxygens (including phenoxy) is 1. The van der Waals surface area contributed by atoms with Crippen LogP contribution in [0.5, 0.6) is 0 Å². The van der Waals surface area contributed by atoms with Crippen LogP contribution in [0.15, 0.2) is 18.2 Å². The topological polar surface area (TPSA) is 29.5 Å². The van der Waals surface area contributed by atoms with Crippen molar-refractivity contribution in [3.05, 3.63) is 34.9 Å². The highest BCUT2D eigenvalue weighted by molar-refractivity contribution is 5.71. The summed E-state index contributed by atoms with van der Waals surface area (Å²) in [7, 11) is 0. The van der Waals surface area contributed by atoms with Crippen LogP contribution in [-0.2, 0) is 17.1 Å². The third-order valence-corrected chi connectivity index (χ3v) is 3.81. The first kappa shape index (κ1) is 18.4. The molecule has 0 N–H and O–H groups in total. The van der Waals surface area contributed by atoms with Crippen LogP contribution in [-0.4, -0.2) is 23.1 Å². The monoisotopic (exact) mass is 355 g/mol. The van der Waals surface area contributed by atoms with Gasteiger partial charge in [0.25, 0.3) is 0 Å². The Morgan fingerprint density at radius 1 is 1.00 bits per heavy atom. The van der Waals surface area contributed by atoms with Crippen LogP contribution in [0, 0.1) is 0 Å². The number of carbonyl (C=O) groups excluding carboxylic acids is 1. The van der Waals surface area contributed by atoms with E-state index >= 15 is 0 Å². The van der Waals surface area contributed by atoms with Crippen LogP contribution < -0.4 is 0 Å². The van der Waals surface area contributed by atoms with Crippen molar-refractivity contribution in [2.24, 2.45) is 0 Å². The quantitative estimate of drug-likeness (QED) is 0.698. The van der Waals surface area contributed by atoms with Gasteiger partial charge in [-0.2, -0.15) is 26.3 Å². The molecule has 1 fully saturated rings. The molecule has 1 heterocycles. The van der Waals surface area contributed by atoms with Gasteiger partial charge in [0.05, 0.1) is 17.2 Å². The Bertz CT molecular complexity index is 606. The molecule has 0 aromatic heterocycles. The first-order valence-electron chi connectivity index (χ1n) is 7.10. The Labute approximate surface area is 134 Å². The molecular weight excluding hydrogens is 340 g/mol. The van der Waals surface area contributed by atoms with Crippen molar-refractivity contribution in [3.63, 3.8) is 0 Å². The van der Waals surface area contributed by atoms with Gasteiger partial charge >= 0.3 is 18.4 Å². The number of carbonyl (C=O) groups is 1. The molecule has 1 aromatic rings. The fourth-order valence-corrected chi connectivity index (χ4v) is 2.75. The number of cyclic esters (lactones) is 1. The zero-order chi connectivity index (χ0) is 18.4. The van der Waals surface area contributed by atoms with Crippen LogP contribution in [0.2, 0.25) is 0 Å². The molecule has 1 saturated heterocycles. The summed E-state index contributed by atoms with van der Waals surface area (Å²) in [6.07, 6.45) is -11.9. The maximum atomic E-state index is 12.9. The van der Waals surface area contributed by atoms with E-state index in [9.17, 15) is 31.1 Å². The summed E-state index contributed by atoms with van der Waals surface area (Å²) in [5, 5.41) is 0. The van der Waals surface area contributed by atoms with Gasteiger partial charge in [-0.3, -0.25) is 4.90 Å². The van der Waals surface area contributed by atoms with Gasteiger partial charge < -0.3 is 4.74 Å². The van der Waals surface area contributed by atoms with Crippen LogP contribution in [0.25, 0.3) is 0 Å². The van der Waals surface area contributed by atoms with E-state index in [0.717, 1.165) is 0 Å². The number of nitrogens with zero attached hydrogens (tertiary/aromatic N) is 1. The van der Waals surface area contributed by atoms with E-state index in [-0.39, 0.29) is 17.7 Å². The Hall–Kier alpha value is -1.93. The van der Waals surface area contributed by atoms with Crippen molar-refractivity contribution in [2.45, 2.75) is 51.3 Å². The second-order valence-corrected chi connectivity index (χ2v) is 5.89. The highest BCUT2D eigenvalue weighted by atomic mass is 19.4. The Morgan fingerprint density at radius 2 is 1.46 bits per heavy atom. The summed E-state index contributed by atoms with van der Waals surface area (Å²) < 4.78 is 82.5. The molecule has 1 aliphatic heterocycles. The van der Waals surface area contributed by atoms with Crippen molar-refractivity contribution >= 4 is 6.09 Å². The summed E-state index contributed by atoms with van der Waals surface area (Å²) in [6.45, 7) is 4.87. The van der Waals surface area contributed by atoms with E-state index in [2.05, 4.69) is 0 Å². The number of amides is 1. The lowest BCUT2D eigenvalue weighted by Crippen LogP contribution is -2.37. The summed E-state index contributed by atoms with van der Waals surface area (Å²) in [5.74, 6) is 0. The van der Waals surface area contributed by atoms with Gasteiger partial charge in [0.2, 0.25) is 0 Å². The minimum absolute atomic E-state index is 0.0468. The molecule has 0 saturated carbocycles. The largest absolute Gasteiger partial charge is 0.439 e. The molecule has 0 radical (unpaired) electrons. The molecular formula is C15H15F6NO2. The molecule has 0 aliphatic carbocycles. The van der Waals surface area contributed by atoms with Crippen LogP contribution in [0.3, 0.4) is 0 Å². The standard InChI is InChI=1S/C15H15F6NO2/c1-7(2)22-8(3)12(24-13(22)23)9-4-10(14(16,17)18)6-11(5-9)15(19,20)21/h4-8,12H,1-3H3/t8-,12+/m0/s1. The van der Waals surface area contributed by atoms with E-state index in [1.807, 2.05) is 0 Å². The SMILES string of the molecule is CC(C)N1C(=O)O[C@@H](c2cc(C(F)(F)F)cc(C(F)(F)F)c2)[C@@H]1C. The zero-order valence-electron chi connectivity index (χ0n) is 13.0. The lowest BCUT2D eigenvalue weighted by atomic mass is 9.97. The number of benzene rings is 1. The number of alkyl halides is 6. The highest BCUT2D eigenvalue weighted by Gasteiger charge is 2.43.